The maximum absolute atomic E-state index is 12.8. The highest BCUT2D eigenvalue weighted by Crippen LogP contribution is 2.34. The van der Waals surface area contributed by atoms with E-state index in [-0.39, 0.29) is 11.4 Å². The molecule has 134 valence electrons. The molecule has 2 aromatic carbocycles. The van der Waals surface area contributed by atoms with Crippen molar-refractivity contribution >= 4 is 33.0 Å². The average Bonchev–Trinajstić information content (AvgIpc) is 2.48. The van der Waals surface area contributed by atoms with E-state index in [1.807, 2.05) is 4.72 Å². The lowest BCUT2D eigenvalue weighted by Crippen LogP contribution is -2.16. The van der Waals surface area contributed by atoms with Gasteiger partial charge < -0.3 is 0 Å². The van der Waals surface area contributed by atoms with E-state index in [0.29, 0.717) is 17.7 Å². The number of nitrogens with one attached hydrogen (secondary N) is 1. The summed E-state index contributed by atoms with van der Waals surface area (Å²) in [6, 6.07) is 5.32. The Kier molecular flexibility index (Phi) is 4.96. The molecule has 0 radical (unpaired) electrons. The van der Waals surface area contributed by atoms with Crippen molar-refractivity contribution in [2.45, 2.75) is 18.0 Å². The number of sulfonamides is 1. The number of rotatable bonds is 4. The van der Waals surface area contributed by atoms with Gasteiger partial charge in [0.1, 0.15) is 4.90 Å². The molecule has 0 amide bonds. The summed E-state index contributed by atoms with van der Waals surface area (Å²) in [5.41, 5.74) is -1.36. The van der Waals surface area contributed by atoms with Gasteiger partial charge in [0.15, 0.2) is 0 Å². The topological polar surface area (TPSA) is 89.3 Å². The monoisotopic (exact) mass is 394 g/mol. The lowest BCUT2D eigenvalue weighted by molar-refractivity contribution is -0.384. The van der Waals surface area contributed by atoms with Gasteiger partial charge in [-0.15, -0.1) is 0 Å². The number of alkyl halides is 3. The van der Waals surface area contributed by atoms with E-state index in [4.69, 9.17) is 11.6 Å². The maximum atomic E-state index is 12.8. The number of benzene rings is 2. The molecular formula is C14H10ClF3N2O4S. The highest BCUT2D eigenvalue weighted by Gasteiger charge is 2.33. The third-order valence-electron chi connectivity index (χ3n) is 3.22. The zero-order chi connectivity index (χ0) is 19.0. The zero-order valence-corrected chi connectivity index (χ0v) is 14.0. The third kappa shape index (κ3) is 4.20. The summed E-state index contributed by atoms with van der Waals surface area (Å²) in [4.78, 5) is 9.28. The first kappa shape index (κ1) is 19.0. The van der Waals surface area contributed by atoms with E-state index in [9.17, 15) is 31.7 Å². The van der Waals surface area contributed by atoms with Crippen molar-refractivity contribution in [3.05, 3.63) is 62.7 Å². The number of hydrogen-bond donors (Lipinski definition) is 1. The van der Waals surface area contributed by atoms with Crippen molar-refractivity contribution < 1.29 is 26.5 Å². The van der Waals surface area contributed by atoms with Crippen LogP contribution in [0.1, 0.15) is 11.1 Å². The minimum atomic E-state index is -4.75. The van der Waals surface area contributed by atoms with Crippen LogP contribution in [0.3, 0.4) is 0 Å². The van der Waals surface area contributed by atoms with Crippen molar-refractivity contribution in [3.8, 4) is 0 Å². The van der Waals surface area contributed by atoms with Gasteiger partial charge in [0.05, 0.1) is 21.2 Å². The number of nitro groups is 1. The largest absolute Gasteiger partial charge is 0.416 e. The van der Waals surface area contributed by atoms with E-state index in [1.165, 1.54) is 19.1 Å². The zero-order valence-electron chi connectivity index (χ0n) is 12.5. The third-order valence-corrected chi connectivity index (χ3v) is 5.07. The van der Waals surface area contributed by atoms with Crippen molar-refractivity contribution in [1.82, 2.24) is 0 Å². The van der Waals surface area contributed by atoms with E-state index in [0.717, 1.165) is 12.1 Å². The Balaban J connectivity index is 2.51. The molecule has 11 heteroatoms. The number of anilines is 1. The fraction of sp³-hybridized carbons (Fsp3) is 0.143. The Hall–Kier alpha value is -2.33. The molecule has 0 aliphatic heterocycles. The van der Waals surface area contributed by atoms with E-state index in [2.05, 4.69) is 0 Å². The number of non-ortho nitro benzene ring substituents is 1. The van der Waals surface area contributed by atoms with Crippen LogP contribution in [0.4, 0.5) is 24.5 Å². The van der Waals surface area contributed by atoms with Crippen LogP contribution in [0.2, 0.25) is 5.02 Å². The van der Waals surface area contributed by atoms with E-state index in [1.54, 1.807) is 0 Å². The first-order valence-electron chi connectivity index (χ1n) is 6.56. The molecule has 1 N–H and O–H groups in total. The van der Waals surface area contributed by atoms with Gasteiger partial charge in [0.2, 0.25) is 0 Å². The summed E-state index contributed by atoms with van der Waals surface area (Å²) in [5, 5.41) is 10.4. The highest BCUT2D eigenvalue weighted by molar-refractivity contribution is 7.92. The summed E-state index contributed by atoms with van der Waals surface area (Å²) in [6.45, 7) is 1.48. The molecule has 0 fully saturated rings. The normalized spacial score (nSPS) is 12.0. The minimum absolute atomic E-state index is 0.136. The van der Waals surface area contributed by atoms with Crippen LogP contribution in [0.25, 0.3) is 0 Å². The molecule has 0 aliphatic carbocycles. The van der Waals surface area contributed by atoms with Gasteiger partial charge in [-0.25, -0.2) is 8.42 Å². The van der Waals surface area contributed by atoms with Gasteiger partial charge in [-0.1, -0.05) is 17.7 Å². The number of halogens is 4. The van der Waals surface area contributed by atoms with Crippen molar-refractivity contribution in [2.75, 3.05) is 4.72 Å². The van der Waals surface area contributed by atoms with Crippen LogP contribution in [0.15, 0.2) is 41.3 Å². The lowest BCUT2D eigenvalue weighted by Gasteiger charge is -2.13. The number of nitro benzene ring substituents is 1. The van der Waals surface area contributed by atoms with Crippen LogP contribution in [-0.4, -0.2) is 13.3 Å². The Labute approximate surface area is 145 Å². The van der Waals surface area contributed by atoms with Gasteiger partial charge >= 0.3 is 6.18 Å². The van der Waals surface area contributed by atoms with Crippen LogP contribution in [-0.2, 0) is 16.2 Å². The van der Waals surface area contributed by atoms with E-state index >= 15 is 0 Å². The summed E-state index contributed by atoms with van der Waals surface area (Å²) in [7, 11) is -4.50. The predicted molar refractivity (Wildman–Crippen MR) is 85.1 cm³/mol. The molecule has 0 unspecified atom stereocenters. The van der Waals surface area contributed by atoms with Crippen LogP contribution in [0, 0.1) is 17.0 Å². The Morgan fingerprint density at radius 1 is 1.16 bits per heavy atom. The van der Waals surface area contributed by atoms with Crippen molar-refractivity contribution in [1.29, 1.82) is 0 Å². The Bertz CT molecular complexity index is 946. The first-order valence-corrected chi connectivity index (χ1v) is 8.42. The maximum Gasteiger partial charge on any atom is 0.416 e. The van der Waals surface area contributed by atoms with Gasteiger partial charge in [-0.3, -0.25) is 14.8 Å². The number of aryl methyl sites for hydroxylation is 1. The molecular weight excluding hydrogens is 385 g/mol. The summed E-state index contributed by atoms with van der Waals surface area (Å²) >= 11 is 5.72. The lowest BCUT2D eigenvalue weighted by atomic mass is 10.2. The summed E-state index contributed by atoms with van der Waals surface area (Å²) in [5.74, 6) is 0. The molecule has 2 rings (SSSR count). The van der Waals surface area contributed by atoms with Crippen molar-refractivity contribution in [2.24, 2.45) is 0 Å². The van der Waals surface area contributed by atoms with Crippen LogP contribution >= 0.6 is 11.6 Å². The number of hydrogen-bond acceptors (Lipinski definition) is 4. The van der Waals surface area contributed by atoms with Gasteiger partial charge in [0, 0.05) is 12.1 Å². The average molecular weight is 395 g/mol. The Morgan fingerprint density at radius 3 is 2.36 bits per heavy atom. The molecule has 0 bridgehead atoms. The molecule has 0 heterocycles. The fourth-order valence-electron chi connectivity index (χ4n) is 1.92. The first-order chi connectivity index (χ1) is 11.4. The molecule has 2 aromatic rings. The molecule has 0 saturated carbocycles. The van der Waals surface area contributed by atoms with Gasteiger partial charge in [-0.05, 0) is 30.7 Å². The SMILES string of the molecule is Cc1ccc([N+](=O)[O-])cc1NS(=O)(=O)c1cc(C(F)(F)F)ccc1Cl. The predicted octanol–water partition coefficient (Wildman–Crippen LogP) is 4.38. The molecule has 25 heavy (non-hydrogen) atoms. The molecule has 6 nitrogen and oxygen atoms in total. The van der Waals surface area contributed by atoms with Gasteiger partial charge in [-0.2, -0.15) is 13.2 Å². The summed E-state index contributed by atoms with van der Waals surface area (Å²) in [6.07, 6.45) is -4.75. The smallest absolute Gasteiger partial charge is 0.279 e. The van der Waals surface area contributed by atoms with Crippen LogP contribution < -0.4 is 4.72 Å². The minimum Gasteiger partial charge on any atom is -0.279 e. The highest BCUT2D eigenvalue weighted by atomic mass is 35.5. The second-order valence-corrected chi connectivity index (χ2v) is 7.06. The molecule has 0 aliphatic rings. The van der Waals surface area contributed by atoms with E-state index < -0.39 is 36.6 Å². The number of nitrogens with zero attached hydrogens (tertiary/aromatic N) is 1. The Morgan fingerprint density at radius 2 is 1.80 bits per heavy atom. The quantitative estimate of drug-likeness (QED) is 0.615. The van der Waals surface area contributed by atoms with Crippen molar-refractivity contribution in [3.63, 3.8) is 0 Å². The standard InChI is InChI=1S/C14H10ClF3N2O4S/c1-8-2-4-10(20(21)22)7-12(8)19-25(23,24)13-6-9(14(16,17)18)3-5-11(13)15/h2-7,19H,1H3. The molecule has 0 saturated heterocycles. The second kappa shape index (κ2) is 6.52. The van der Waals surface area contributed by atoms with Crippen LogP contribution in [0.5, 0.6) is 0 Å². The molecule has 0 aromatic heterocycles. The molecule has 0 spiro atoms. The summed E-state index contributed by atoms with van der Waals surface area (Å²) < 4.78 is 65.2. The van der Waals surface area contributed by atoms with Gasteiger partial charge in [0.25, 0.3) is 15.7 Å². The molecule has 0 atom stereocenters. The fourth-order valence-corrected chi connectivity index (χ4v) is 3.57. The second-order valence-electron chi connectivity index (χ2n) is 5.00.